The molecule has 0 aliphatic carbocycles. The molecular weight excluding hydrogens is 376 g/mol. The van der Waals surface area contributed by atoms with Crippen LogP contribution in [0.5, 0.6) is 0 Å². The molecule has 1 fully saturated rings. The molecule has 2 N–H and O–H groups in total. The standard InChI is InChI=1S/C21H25ClN4O2/c1-24(18-5-3-2-4-6-18)19(27)15-25-11-13-26(14-12-25)20(21(23)28)16-7-9-17(22)10-8-16/h2-10,20H,11-15H2,1H3,(H2,23,28)/t20-/m0/s1. The number of hydrogen-bond donors (Lipinski definition) is 1. The van der Waals surface area contributed by atoms with Gasteiger partial charge in [0.2, 0.25) is 11.8 Å². The summed E-state index contributed by atoms with van der Waals surface area (Å²) in [6.07, 6.45) is 0. The van der Waals surface area contributed by atoms with Crippen LogP contribution in [-0.4, -0.2) is 61.4 Å². The van der Waals surface area contributed by atoms with E-state index in [1.165, 1.54) is 0 Å². The van der Waals surface area contributed by atoms with Gasteiger partial charge < -0.3 is 10.6 Å². The molecule has 3 rings (SSSR count). The maximum absolute atomic E-state index is 12.6. The van der Waals surface area contributed by atoms with Crippen LogP contribution in [0.4, 0.5) is 5.69 Å². The number of amides is 2. The zero-order valence-electron chi connectivity index (χ0n) is 15.9. The summed E-state index contributed by atoms with van der Waals surface area (Å²) in [6, 6.07) is 16.3. The quantitative estimate of drug-likeness (QED) is 0.806. The molecule has 1 heterocycles. The molecule has 6 nitrogen and oxygen atoms in total. The Bertz CT molecular complexity index is 805. The number of para-hydroxylation sites is 1. The second kappa shape index (κ2) is 9.19. The fraction of sp³-hybridized carbons (Fsp3) is 0.333. The Morgan fingerprint density at radius 3 is 2.21 bits per heavy atom. The number of rotatable bonds is 6. The van der Waals surface area contributed by atoms with Crippen molar-refractivity contribution >= 4 is 29.1 Å². The molecule has 148 valence electrons. The van der Waals surface area contributed by atoms with Crippen molar-refractivity contribution in [1.29, 1.82) is 0 Å². The van der Waals surface area contributed by atoms with Gasteiger partial charge in [-0.25, -0.2) is 0 Å². The van der Waals surface area contributed by atoms with E-state index in [0.29, 0.717) is 37.7 Å². The summed E-state index contributed by atoms with van der Waals surface area (Å²) >= 11 is 5.95. The first kappa shape index (κ1) is 20.3. The SMILES string of the molecule is CN(C(=O)CN1CCN([C@H](C(N)=O)c2ccc(Cl)cc2)CC1)c1ccccc1. The Hall–Kier alpha value is -2.41. The van der Waals surface area contributed by atoms with Crippen molar-refractivity contribution in [3.63, 3.8) is 0 Å². The highest BCUT2D eigenvalue weighted by Crippen LogP contribution is 2.23. The number of anilines is 1. The van der Waals surface area contributed by atoms with E-state index in [4.69, 9.17) is 17.3 Å². The third kappa shape index (κ3) is 4.90. The zero-order valence-corrected chi connectivity index (χ0v) is 16.7. The van der Waals surface area contributed by atoms with Gasteiger partial charge in [-0.05, 0) is 29.8 Å². The number of likely N-dealkylation sites (N-methyl/N-ethyl adjacent to an activating group) is 1. The minimum atomic E-state index is -0.484. The lowest BCUT2D eigenvalue weighted by molar-refractivity contribution is -0.125. The first-order chi connectivity index (χ1) is 13.5. The number of carbonyl (C=O) groups is 2. The highest BCUT2D eigenvalue weighted by Gasteiger charge is 2.29. The lowest BCUT2D eigenvalue weighted by Crippen LogP contribution is -2.52. The molecule has 2 aromatic rings. The molecule has 1 atom stereocenters. The number of hydrogen-bond acceptors (Lipinski definition) is 4. The Kier molecular flexibility index (Phi) is 6.67. The lowest BCUT2D eigenvalue weighted by Gasteiger charge is -2.38. The molecule has 1 saturated heterocycles. The third-order valence-corrected chi connectivity index (χ3v) is 5.36. The maximum Gasteiger partial charge on any atom is 0.240 e. The smallest absolute Gasteiger partial charge is 0.240 e. The van der Waals surface area contributed by atoms with Crippen molar-refractivity contribution in [3.05, 3.63) is 65.2 Å². The van der Waals surface area contributed by atoms with Gasteiger partial charge >= 0.3 is 0 Å². The molecule has 0 aromatic heterocycles. The van der Waals surface area contributed by atoms with Crippen molar-refractivity contribution in [2.75, 3.05) is 44.7 Å². The molecule has 0 bridgehead atoms. The summed E-state index contributed by atoms with van der Waals surface area (Å²) < 4.78 is 0. The normalized spacial score (nSPS) is 16.5. The molecular formula is C21H25ClN4O2. The zero-order chi connectivity index (χ0) is 20.1. The van der Waals surface area contributed by atoms with Crippen LogP contribution in [0, 0.1) is 0 Å². The van der Waals surface area contributed by atoms with Crippen molar-refractivity contribution in [3.8, 4) is 0 Å². The van der Waals surface area contributed by atoms with Crippen LogP contribution in [0.15, 0.2) is 54.6 Å². The Labute approximate surface area is 170 Å². The van der Waals surface area contributed by atoms with Gasteiger partial charge in [0.1, 0.15) is 6.04 Å². The van der Waals surface area contributed by atoms with Crippen molar-refractivity contribution in [2.45, 2.75) is 6.04 Å². The van der Waals surface area contributed by atoms with Crippen LogP contribution < -0.4 is 10.6 Å². The minimum Gasteiger partial charge on any atom is -0.368 e. The van der Waals surface area contributed by atoms with Gasteiger partial charge in [0.05, 0.1) is 6.54 Å². The van der Waals surface area contributed by atoms with Gasteiger partial charge in [0.25, 0.3) is 0 Å². The van der Waals surface area contributed by atoms with Gasteiger partial charge in [-0.15, -0.1) is 0 Å². The summed E-state index contributed by atoms with van der Waals surface area (Å²) in [6.45, 7) is 3.08. The first-order valence-electron chi connectivity index (χ1n) is 9.28. The number of halogens is 1. The van der Waals surface area contributed by atoms with Gasteiger partial charge in [-0.2, -0.15) is 0 Å². The number of nitrogens with zero attached hydrogens (tertiary/aromatic N) is 3. The number of nitrogens with two attached hydrogens (primary N) is 1. The topological polar surface area (TPSA) is 69.9 Å². The number of carbonyl (C=O) groups excluding carboxylic acids is 2. The molecule has 0 spiro atoms. The summed E-state index contributed by atoms with van der Waals surface area (Å²) in [5.41, 5.74) is 7.38. The lowest BCUT2D eigenvalue weighted by atomic mass is 10.0. The van der Waals surface area contributed by atoms with E-state index in [1.54, 1.807) is 24.1 Å². The van der Waals surface area contributed by atoms with Gasteiger partial charge in [0.15, 0.2) is 0 Å². The van der Waals surface area contributed by atoms with Gasteiger partial charge in [0, 0.05) is 43.9 Å². The van der Waals surface area contributed by atoms with Crippen LogP contribution in [0.1, 0.15) is 11.6 Å². The molecule has 0 saturated carbocycles. The Morgan fingerprint density at radius 1 is 1.04 bits per heavy atom. The van der Waals surface area contributed by atoms with Crippen molar-refractivity contribution in [2.24, 2.45) is 5.73 Å². The molecule has 2 amide bonds. The van der Waals surface area contributed by atoms with Crippen LogP contribution >= 0.6 is 11.6 Å². The van der Waals surface area contributed by atoms with Crippen molar-refractivity contribution < 1.29 is 9.59 Å². The Balaban J connectivity index is 1.58. The third-order valence-electron chi connectivity index (χ3n) is 5.10. The van der Waals surface area contributed by atoms with E-state index < -0.39 is 6.04 Å². The van der Waals surface area contributed by atoms with Crippen LogP contribution in [-0.2, 0) is 9.59 Å². The fourth-order valence-corrected chi connectivity index (χ4v) is 3.60. The second-order valence-corrected chi connectivity index (χ2v) is 7.39. The predicted octanol–water partition coefficient (Wildman–Crippen LogP) is 2.15. The number of primary amides is 1. The molecule has 0 unspecified atom stereocenters. The first-order valence-corrected chi connectivity index (χ1v) is 9.66. The monoisotopic (exact) mass is 400 g/mol. The average molecular weight is 401 g/mol. The molecule has 28 heavy (non-hydrogen) atoms. The molecule has 0 radical (unpaired) electrons. The summed E-state index contributed by atoms with van der Waals surface area (Å²) in [5, 5.41) is 0.623. The number of benzene rings is 2. The molecule has 1 aliphatic heterocycles. The van der Waals surface area contributed by atoms with Crippen LogP contribution in [0.25, 0.3) is 0 Å². The van der Waals surface area contributed by atoms with Gasteiger partial charge in [-0.1, -0.05) is 41.9 Å². The average Bonchev–Trinajstić information content (AvgIpc) is 2.70. The highest BCUT2D eigenvalue weighted by molar-refractivity contribution is 6.30. The molecule has 1 aliphatic rings. The van der Waals surface area contributed by atoms with Crippen LogP contribution in [0.3, 0.4) is 0 Å². The number of piperazine rings is 1. The van der Waals surface area contributed by atoms with Crippen molar-refractivity contribution in [1.82, 2.24) is 9.80 Å². The summed E-state index contributed by atoms with van der Waals surface area (Å²) in [5.74, 6) is -0.334. The summed E-state index contributed by atoms with van der Waals surface area (Å²) in [7, 11) is 1.79. The Morgan fingerprint density at radius 2 is 1.64 bits per heavy atom. The highest BCUT2D eigenvalue weighted by atomic mass is 35.5. The van der Waals surface area contributed by atoms with Gasteiger partial charge in [-0.3, -0.25) is 19.4 Å². The second-order valence-electron chi connectivity index (χ2n) is 6.96. The molecule has 7 heteroatoms. The van der Waals surface area contributed by atoms with E-state index in [1.807, 2.05) is 42.5 Å². The van der Waals surface area contributed by atoms with E-state index in [0.717, 1.165) is 11.3 Å². The van der Waals surface area contributed by atoms with E-state index in [2.05, 4.69) is 9.80 Å². The maximum atomic E-state index is 12.6. The van der Waals surface area contributed by atoms with Crippen LogP contribution in [0.2, 0.25) is 5.02 Å². The minimum absolute atomic E-state index is 0.0452. The van der Waals surface area contributed by atoms with E-state index >= 15 is 0 Å². The largest absolute Gasteiger partial charge is 0.368 e. The fourth-order valence-electron chi connectivity index (χ4n) is 3.47. The molecule has 2 aromatic carbocycles. The van der Waals surface area contributed by atoms with E-state index in [9.17, 15) is 9.59 Å². The predicted molar refractivity (Wildman–Crippen MR) is 111 cm³/mol. The summed E-state index contributed by atoms with van der Waals surface area (Å²) in [4.78, 5) is 30.5. The van der Waals surface area contributed by atoms with E-state index in [-0.39, 0.29) is 11.8 Å².